The van der Waals surface area contributed by atoms with Gasteiger partial charge in [0, 0.05) is 26.2 Å². The molecule has 1 amide bonds. The number of rotatable bonds is 5. The van der Waals surface area contributed by atoms with Crippen LogP contribution < -0.4 is 5.32 Å². The summed E-state index contributed by atoms with van der Waals surface area (Å²) >= 11 is 17.8. The molecule has 3 rings (SSSR count). The van der Waals surface area contributed by atoms with Gasteiger partial charge in [-0.05, 0) is 30.3 Å². The minimum Gasteiger partial charge on any atom is -0.324 e. The predicted octanol–water partition coefficient (Wildman–Crippen LogP) is 3.59. The van der Waals surface area contributed by atoms with Gasteiger partial charge in [-0.1, -0.05) is 46.9 Å². The van der Waals surface area contributed by atoms with Crippen molar-refractivity contribution >= 4 is 56.4 Å². The van der Waals surface area contributed by atoms with E-state index in [1.807, 2.05) is 4.90 Å². The molecule has 2 aromatic rings. The topological polar surface area (TPSA) is 69.7 Å². The number of halogens is 3. The van der Waals surface area contributed by atoms with Gasteiger partial charge in [-0.2, -0.15) is 4.31 Å². The number of anilines is 1. The van der Waals surface area contributed by atoms with E-state index >= 15 is 0 Å². The highest BCUT2D eigenvalue weighted by Gasteiger charge is 2.29. The van der Waals surface area contributed by atoms with Crippen molar-refractivity contribution < 1.29 is 13.2 Å². The van der Waals surface area contributed by atoms with E-state index < -0.39 is 10.0 Å². The Kier molecular flexibility index (Phi) is 6.85. The van der Waals surface area contributed by atoms with Crippen molar-refractivity contribution in [2.75, 3.05) is 38.0 Å². The normalized spacial score (nSPS) is 16.1. The van der Waals surface area contributed by atoms with Crippen molar-refractivity contribution in [1.29, 1.82) is 0 Å². The summed E-state index contributed by atoms with van der Waals surface area (Å²) < 4.78 is 26.9. The first-order valence-electron chi connectivity index (χ1n) is 8.49. The fourth-order valence-corrected chi connectivity index (χ4v) is 4.86. The Labute approximate surface area is 179 Å². The van der Waals surface area contributed by atoms with Crippen LogP contribution in [0, 0.1) is 0 Å². The van der Waals surface area contributed by atoms with E-state index in [2.05, 4.69) is 5.32 Å². The monoisotopic (exact) mass is 461 g/mol. The molecule has 2 aromatic carbocycles. The highest BCUT2D eigenvalue weighted by molar-refractivity contribution is 7.89. The van der Waals surface area contributed by atoms with E-state index in [-0.39, 0.29) is 35.5 Å². The van der Waals surface area contributed by atoms with E-state index in [9.17, 15) is 13.2 Å². The minimum absolute atomic E-state index is 0.104. The Morgan fingerprint density at radius 3 is 2.25 bits per heavy atom. The predicted molar refractivity (Wildman–Crippen MR) is 112 cm³/mol. The minimum atomic E-state index is -3.66. The number of amides is 1. The molecule has 1 heterocycles. The smallest absolute Gasteiger partial charge is 0.243 e. The number of nitrogens with zero attached hydrogens (tertiary/aromatic N) is 2. The maximum absolute atomic E-state index is 12.8. The van der Waals surface area contributed by atoms with Gasteiger partial charge in [-0.15, -0.1) is 0 Å². The maximum atomic E-state index is 12.8. The third-order valence-electron chi connectivity index (χ3n) is 4.38. The lowest BCUT2D eigenvalue weighted by Crippen LogP contribution is -2.50. The molecule has 0 saturated carbocycles. The Morgan fingerprint density at radius 1 is 0.929 bits per heavy atom. The summed E-state index contributed by atoms with van der Waals surface area (Å²) in [5.74, 6) is -0.200. The lowest BCUT2D eigenvalue weighted by Gasteiger charge is -2.33. The highest BCUT2D eigenvalue weighted by atomic mass is 35.5. The Hall–Kier alpha value is -1.35. The first-order valence-corrected chi connectivity index (χ1v) is 11.1. The van der Waals surface area contributed by atoms with Crippen LogP contribution in [-0.2, 0) is 14.8 Å². The van der Waals surface area contributed by atoms with Gasteiger partial charge in [-0.3, -0.25) is 9.69 Å². The van der Waals surface area contributed by atoms with Gasteiger partial charge in [0.2, 0.25) is 15.9 Å². The molecule has 0 unspecified atom stereocenters. The zero-order chi connectivity index (χ0) is 20.3. The van der Waals surface area contributed by atoms with Gasteiger partial charge in [0.1, 0.15) is 0 Å². The van der Waals surface area contributed by atoms with Crippen LogP contribution in [-0.4, -0.2) is 56.3 Å². The molecule has 0 radical (unpaired) electrons. The molecule has 10 heteroatoms. The molecule has 0 bridgehead atoms. The number of nitrogens with one attached hydrogen (secondary N) is 1. The fourth-order valence-electron chi connectivity index (χ4n) is 2.87. The van der Waals surface area contributed by atoms with E-state index in [0.29, 0.717) is 28.8 Å². The van der Waals surface area contributed by atoms with Gasteiger partial charge in [0.25, 0.3) is 0 Å². The zero-order valence-corrected chi connectivity index (χ0v) is 17.8. The van der Waals surface area contributed by atoms with Gasteiger partial charge in [0.15, 0.2) is 0 Å². The molecule has 1 aliphatic rings. The Morgan fingerprint density at radius 2 is 1.61 bits per heavy atom. The van der Waals surface area contributed by atoms with Crippen LogP contribution in [0.2, 0.25) is 15.1 Å². The van der Waals surface area contributed by atoms with E-state index in [1.54, 1.807) is 24.3 Å². The van der Waals surface area contributed by atoms with Crippen molar-refractivity contribution in [2.45, 2.75) is 4.90 Å². The summed E-state index contributed by atoms with van der Waals surface area (Å²) in [5.41, 5.74) is 0.551. The summed E-state index contributed by atoms with van der Waals surface area (Å²) in [7, 11) is -3.66. The van der Waals surface area contributed by atoms with Gasteiger partial charge >= 0.3 is 0 Å². The van der Waals surface area contributed by atoms with Crippen LogP contribution in [0.1, 0.15) is 0 Å². The standard InChI is InChI=1S/C18H18Cl3N3O3S/c19-14-6-5-13(11-16(14)21)28(26,27)24-9-7-23(8-10-24)12-18(25)22-17-4-2-1-3-15(17)20/h1-6,11H,7-10,12H2,(H,22,25). The number of piperazine rings is 1. The average Bonchev–Trinajstić information content (AvgIpc) is 2.66. The number of benzene rings is 2. The van der Waals surface area contributed by atoms with Crippen LogP contribution in [0.5, 0.6) is 0 Å². The summed E-state index contributed by atoms with van der Waals surface area (Å²) in [6.07, 6.45) is 0. The van der Waals surface area contributed by atoms with Crippen LogP contribution in [0.3, 0.4) is 0 Å². The van der Waals surface area contributed by atoms with Crippen molar-refractivity contribution in [3.8, 4) is 0 Å². The number of hydrogen-bond donors (Lipinski definition) is 1. The molecule has 1 aliphatic heterocycles. The van der Waals surface area contributed by atoms with Crippen molar-refractivity contribution in [1.82, 2.24) is 9.21 Å². The number of sulfonamides is 1. The largest absolute Gasteiger partial charge is 0.324 e. The van der Waals surface area contributed by atoms with E-state index in [4.69, 9.17) is 34.8 Å². The molecule has 28 heavy (non-hydrogen) atoms. The first kappa shape index (κ1) is 21.4. The number of para-hydroxylation sites is 1. The summed E-state index contributed by atoms with van der Waals surface area (Å²) in [6, 6.07) is 11.2. The molecular weight excluding hydrogens is 445 g/mol. The van der Waals surface area contributed by atoms with E-state index in [0.717, 1.165) is 0 Å². The summed E-state index contributed by atoms with van der Waals surface area (Å²) in [4.78, 5) is 14.2. The molecular formula is C18H18Cl3N3O3S. The second-order valence-electron chi connectivity index (χ2n) is 6.28. The Bertz CT molecular complexity index is 977. The zero-order valence-electron chi connectivity index (χ0n) is 14.7. The van der Waals surface area contributed by atoms with Crippen LogP contribution in [0.4, 0.5) is 5.69 Å². The molecule has 0 spiro atoms. The quantitative estimate of drug-likeness (QED) is 0.737. The maximum Gasteiger partial charge on any atom is 0.243 e. The van der Waals surface area contributed by atoms with Crippen molar-refractivity contribution in [3.63, 3.8) is 0 Å². The lowest BCUT2D eigenvalue weighted by molar-refractivity contribution is -0.117. The number of carbonyl (C=O) groups is 1. The summed E-state index contributed by atoms with van der Waals surface area (Å²) in [6.45, 7) is 1.60. The average molecular weight is 463 g/mol. The van der Waals surface area contributed by atoms with Crippen LogP contribution >= 0.6 is 34.8 Å². The van der Waals surface area contributed by atoms with E-state index in [1.165, 1.54) is 22.5 Å². The SMILES string of the molecule is O=C(CN1CCN(S(=O)(=O)c2ccc(Cl)c(Cl)c2)CC1)Nc1ccccc1Cl. The van der Waals surface area contributed by atoms with Crippen LogP contribution in [0.15, 0.2) is 47.4 Å². The molecule has 1 fully saturated rings. The molecule has 0 aromatic heterocycles. The van der Waals surface area contributed by atoms with Gasteiger partial charge < -0.3 is 5.32 Å². The lowest BCUT2D eigenvalue weighted by atomic mass is 10.3. The van der Waals surface area contributed by atoms with Crippen molar-refractivity contribution in [3.05, 3.63) is 57.5 Å². The summed E-state index contributed by atoms with van der Waals surface area (Å²) in [5, 5.41) is 3.72. The first-order chi connectivity index (χ1) is 13.3. The molecule has 0 aliphatic carbocycles. The van der Waals surface area contributed by atoms with Crippen LogP contribution in [0.25, 0.3) is 0 Å². The molecule has 0 atom stereocenters. The fraction of sp³-hybridized carbons (Fsp3) is 0.278. The molecule has 150 valence electrons. The van der Waals surface area contributed by atoms with Gasteiger partial charge in [-0.25, -0.2) is 8.42 Å². The van der Waals surface area contributed by atoms with Crippen molar-refractivity contribution in [2.24, 2.45) is 0 Å². The molecule has 1 saturated heterocycles. The Balaban J connectivity index is 1.57. The second-order valence-corrected chi connectivity index (χ2v) is 9.44. The third-order valence-corrected chi connectivity index (χ3v) is 7.34. The number of carbonyl (C=O) groups excluding carboxylic acids is 1. The second kappa shape index (κ2) is 8.98. The van der Waals surface area contributed by atoms with Gasteiger partial charge in [0.05, 0.1) is 32.2 Å². The molecule has 6 nitrogen and oxygen atoms in total. The third kappa shape index (κ3) is 4.97. The highest BCUT2D eigenvalue weighted by Crippen LogP contribution is 2.27. The number of hydrogen-bond acceptors (Lipinski definition) is 4. The molecule has 1 N–H and O–H groups in total.